The van der Waals surface area contributed by atoms with E-state index < -0.39 is 0 Å². The highest BCUT2D eigenvalue weighted by molar-refractivity contribution is 5.91. The quantitative estimate of drug-likeness (QED) is 0.773. The summed E-state index contributed by atoms with van der Waals surface area (Å²) in [6.07, 6.45) is 0.415. The Labute approximate surface area is 149 Å². The van der Waals surface area contributed by atoms with Crippen molar-refractivity contribution in [1.29, 1.82) is 0 Å². The summed E-state index contributed by atoms with van der Waals surface area (Å²) >= 11 is 0. The zero-order valence-electron chi connectivity index (χ0n) is 15.0. The van der Waals surface area contributed by atoms with Crippen LogP contribution in [0.5, 0.6) is 5.75 Å². The number of anilines is 2. The molecule has 2 aromatic carbocycles. The SMILES string of the molecule is COc1ccc(C(C)CC(=O)Nc2ccc(N(C)CCO)cc2)cc1. The fraction of sp³-hybridized carbons (Fsp3) is 0.350. The second kappa shape index (κ2) is 9.08. The lowest BCUT2D eigenvalue weighted by Crippen LogP contribution is -2.21. The number of hydrogen-bond donors (Lipinski definition) is 2. The number of likely N-dealkylation sites (N-methyl/N-ethyl adjacent to an activating group) is 1. The van der Waals surface area contributed by atoms with E-state index in [9.17, 15) is 4.79 Å². The van der Waals surface area contributed by atoms with Crippen LogP contribution in [0.3, 0.4) is 0 Å². The van der Waals surface area contributed by atoms with Gasteiger partial charge in [0.1, 0.15) is 5.75 Å². The Balaban J connectivity index is 1.90. The van der Waals surface area contributed by atoms with E-state index in [-0.39, 0.29) is 18.4 Å². The number of carbonyl (C=O) groups excluding carboxylic acids is 1. The highest BCUT2D eigenvalue weighted by Gasteiger charge is 2.12. The van der Waals surface area contributed by atoms with E-state index in [0.717, 1.165) is 22.7 Å². The Morgan fingerprint density at radius 3 is 2.36 bits per heavy atom. The molecule has 0 aliphatic carbocycles. The first-order valence-electron chi connectivity index (χ1n) is 8.39. The van der Waals surface area contributed by atoms with Crippen molar-refractivity contribution >= 4 is 17.3 Å². The second-order valence-electron chi connectivity index (χ2n) is 6.12. The maximum absolute atomic E-state index is 12.3. The minimum Gasteiger partial charge on any atom is -0.497 e. The lowest BCUT2D eigenvalue weighted by molar-refractivity contribution is -0.116. The molecule has 2 rings (SSSR count). The minimum absolute atomic E-state index is 0.0141. The molecule has 0 radical (unpaired) electrons. The summed E-state index contributed by atoms with van der Waals surface area (Å²) in [4.78, 5) is 14.2. The molecule has 0 saturated carbocycles. The van der Waals surface area contributed by atoms with E-state index in [2.05, 4.69) is 5.32 Å². The zero-order valence-corrected chi connectivity index (χ0v) is 15.0. The third-order valence-electron chi connectivity index (χ3n) is 4.20. The number of hydrogen-bond acceptors (Lipinski definition) is 4. The van der Waals surface area contributed by atoms with Crippen LogP contribution in [0.1, 0.15) is 24.8 Å². The van der Waals surface area contributed by atoms with Crippen molar-refractivity contribution in [1.82, 2.24) is 0 Å². The monoisotopic (exact) mass is 342 g/mol. The average Bonchev–Trinajstić information content (AvgIpc) is 2.62. The van der Waals surface area contributed by atoms with Gasteiger partial charge in [0.25, 0.3) is 0 Å². The summed E-state index contributed by atoms with van der Waals surface area (Å²) in [6.45, 7) is 2.72. The molecule has 1 atom stereocenters. The number of carbonyl (C=O) groups is 1. The van der Waals surface area contributed by atoms with Gasteiger partial charge in [-0.2, -0.15) is 0 Å². The standard InChI is InChI=1S/C20H26N2O3/c1-15(16-4-10-19(25-3)11-5-16)14-20(24)21-17-6-8-18(9-7-17)22(2)12-13-23/h4-11,15,23H,12-14H2,1-3H3,(H,21,24). The molecule has 1 unspecified atom stereocenters. The molecule has 0 aliphatic rings. The maximum Gasteiger partial charge on any atom is 0.224 e. The number of aliphatic hydroxyl groups is 1. The summed E-state index contributed by atoms with van der Waals surface area (Å²) < 4.78 is 5.15. The van der Waals surface area contributed by atoms with Gasteiger partial charge in [-0.15, -0.1) is 0 Å². The lowest BCUT2D eigenvalue weighted by Gasteiger charge is -2.18. The molecule has 134 valence electrons. The first-order chi connectivity index (χ1) is 12.0. The van der Waals surface area contributed by atoms with Crippen molar-refractivity contribution in [3.8, 4) is 5.75 Å². The van der Waals surface area contributed by atoms with Crippen LogP contribution in [-0.4, -0.2) is 38.3 Å². The van der Waals surface area contributed by atoms with Gasteiger partial charge in [-0.1, -0.05) is 19.1 Å². The van der Waals surface area contributed by atoms with Crippen LogP contribution in [0.2, 0.25) is 0 Å². The Kier molecular flexibility index (Phi) is 6.83. The van der Waals surface area contributed by atoms with Crippen molar-refractivity contribution in [2.24, 2.45) is 0 Å². The first kappa shape index (κ1) is 18.8. The molecule has 0 fully saturated rings. The number of methoxy groups -OCH3 is 1. The van der Waals surface area contributed by atoms with Gasteiger partial charge in [0.05, 0.1) is 13.7 Å². The van der Waals surface area contributed by atoms with Crippen molar-refractivity contribution in [2.45, 2.75) is 19.3 Å². The first-order valence-corrected chi connectivity index (χ1v) is 8.39. The van der Waals surface area contributed by atoms with Crippen LogP contribution in [0, 0.1) is 0 Å². The average molecular weight is 342 g/mol. The Morgan fingerprint density at radius 2 is 1.80 bits per heavy atom. The largest absolute Gasteiger partial charge is 0.497 e. The van der Waals surface area contributed by atoms with E-state index in [1.54, 1.807) is 7.11 Å². The van der Waals surface area contributed by atoms with Gasteiger partial charge < -0.3 is 20.1 Å². The van der Waals surface area contributed by atoms with Crippen LogP contribution in [0.4, 0.5) is 11.4 Å². The number of nitrogens with one attached hydrogen (secondary N) is 1. The van der Waals surface area contributed by atoms with E-state index in [1.165, 1.54) is 0 Å². The van der Waals surface area contributed by atoms with Gasteiger partial charge in [0.15, 0.2) is 0 Å². The molecule has 2 aromatic rings. The van der Waals surface area contributed by atoms with E-state index >= 15 is 0 Å². The fourth-order valence-corrected chi connectivity index (χ4v) is 2.62. The van der Waals surface area contributed by atoms with Gasteiger partial charge in [0.2, 0.25) is 5.91 Å². The minimum atomic E-state index is -0.0141. The third kappa shape index (κ3) is 5.50. The summed E-state index contributed by atoms with van der Waals surface area (Å²) in [6, 6.07) is 15.4. The molecule has 5 nitrogen and oxygen atoms in total. The number of benzene rings is 2. The van der Waals surface area contributed by atoms with Gasteiger partial charge in [0, 0.05) is 31.4 Å². The topological polar surface area (TPSA) is 61.8 Å². The molecule has 5 heteroatoms. The number of amides is 1. The molecule has 1 amide bonds. The summed E-state index contributed by atoms with van der Waals surface area (Å²) in [7, 11) is 3.55. The van der Waals surface area contributed by atoms with E-state index in [1.807, 2.05) is 67.4 Å². The summed E-state index contributed by atoms with van der Waals surface area (Å²) in [5.41, 5.74) is 2.88. The molecule has 2 N–H and O–H groups in total. The number of ether oxygens (including phenoxy) is 1. The van der Waals surface area contributed by atoms with Crippen LogP contribution >= 0.6 is 0 Å². The lowest BCUT2D eigenvalue weighted by atomic mass is 9.97. The summed E-state index contributed by atoms with van der Waals surface area (Å²) in [5.74, 6) is 0.923. The smallest absolute Gasteiger partial charge is 0.224 e. The maximum atomic E-state index is 12.3. The third-order valence-corrected chi connectivity index (χ3v) is 4.20. The fourth-order valence-electron chi connectivity index (χ4n) is 2.62. The highest BCUT2D eigenvalue weighted by Crippen LogP contribution is 2.23. The molecule has 0 heterocycles. The van der Waals surface area contributed by atoms with Gasteiger partial charge in [-0.25, -0.2) is 0 Å². The van der Waals surface area contributed by atoms with Gasteiger partial charge in [-0.05, 0) is 47.9 Å². The molecule has 25 heavy (non-hydrogen) atoms. The van der Waals surface area contributed by atoms with Gasteiger partial charge in [-0.3, -0.25) is 4.79 Å². The summed E-state index contributed by atoms with van der Waals surface area (Å²) in [5, 5.41) is 11.9. The molecule has 0 aliphatic heterocycles. The predicted molar refractivity (Wildman–Crippen MR) is 101 cm³/mol. The van der Waals surface area contributed by atoms with Crippen molar-refractivity contribution in [2.75, 3.05) is 37.5 Å². The van der Waals surface area contributed by atoms with E-state index in [0.29, 0.717) is 13.0 Å². The normalized spacial score (nSPS) is 11.7. The number of nitrogens with zero attached hydrogens (tertiary/aromatic N) is 1. The van der Waals surface area contributed by atoms with Crippen molar-refractivity contribution in [3.05, 3.63) is 54.1 Å². The Hall–Kier alpha value is -2.53. The van der Waals surface area contributed by atoms with Crippen LogP contribution < -0.4 is 15.0 Å². The van der Waals surface area contributed by atoms with Crippen molar-refractivity contribution in [3.63, 3.8) is 0 Å². The highest BCUT2D eigenvalue weighted by atomic mass is 16.5. The molecular weight excluding hydrogens is 316 g/mol. The molecular formula is C20H26N2O3. The molecule has 0 saturated heterocycles. The molecule has 0 aromatic heterocycles. The van der Waals surface area contributed by atoms with Crippen LogP contribution in [0.15, 0.2) is 48.5 Å². The molecule has 0 bridgehead atoms. The molecule has 0 spiro atoms. The second-order valence-corrected chi connectivity index (χ2v) is 6.12. The Bertz CT molecular complexity index is 668. The van der Waals surface area contributed by atoms with Crippen LogP contribution in [0.25, 0.3) is 0 Å². The van der Waals surface area contributed by atoms with Gasteiger partial charge >= 0.3 is 0 Å². The van der Waals surface area contributed by atoms with E-state index in [4.69, 9.17) is 9.84 Å². The zero-order chi connectivity index (χ0) is 18.2. The van der Waals surface area contributed by atoms with Crippen molar-refractivity contribution < 1.29 is 14.6 Å². The predicted octanol–water partition coefficient (Wildman–Crippen LogP) is 3.26. The number of rotatable bonds is 8. The number of aliphatic hydroxyl groups excluding tert-OH is 1. The van der Waals surface area contributed by atoms with Crippen LogP contribution in [-0.2, 0) is 4.79 Å². The Morgan fingerprint density at radius 1 is 1.16 bits per heavy atom.